The van der Waals surface area contributed by atoms with Crippen LogP contribution in [0.1, 0.15) is 40.6 Å². The summed E-state index contributed by atoms with van der Waals surface area (Å²) in [6, 6.07) is 5.81. The standard InChI is InChI=1S/C18H17F2NO5/c1-2-24-17(23)13-7-8-21(14(13)10-22)11-3-6-15(26-18(19)20)16(9-11)25-12-4-5-12/h3,6-10,12,18H,2,4-5H2,1H3. The Hall–Kier alpha value is -2.90. The molecule has 26 heavy (non-hydrogen) atoms. The summed E-state index contributed by atoms with van der Waals surface area (Å²) in [5.74, 6) is -0.532. The normalized spacial score (nSPS) is 13.5. The van der Waals surface area contributed by atoms with E-state index in [-0.39, 0.29) is 35.5 Å². The molecule has 0 aliphatic heterocycles. The highest BCUT2D eigenvalue weighted by Crippen LogP contribution is 2.36. The number of hydrogen-bond acceptors (Lipinski definition) is 5. The zero-order chi connectivity index (χ0) is 18.7. The number of alkyl halides is 2. The van der Waals surface area contributed by atoms with E-state index in [9.17, 15) is 18.4 Å². The Morgan fingerprint density at radius 1 is 1.31 bits per heavy atom. The molecule has 2 aromatic rings. The minimum atomic E-state index is -2.98. The fourth-order valence-electron chi connectivity index (χ4n) is 2.47. The van der Waals surface area contributed by atoms with E-state index in [1.54, 1.807) is 6.92 Å². The fourth-order valence-corrected chi connectivity index (χ4v) is 2.47. The SMILES string of the molecule is CCOC(=O)c1ccn(-c2ccc(OC(F)F)c(OC3CC3)c2)c1C=O. The van der Waals surface area contributed by atoms with Gasteiger partial charge in [-0.05, 0) is 38.0 Å². The van der Waals surface area contributed by atoms with E-state index in [0.717, 1.165) is 12.8 Å². The van der Waals surface area contributed by atoms with Gasteiger partial charge in [0.1, 0.15) is 5.69 Å². The number of esters is 1. The monoisotopic (exact) mass is 365 g/mol. The largest absolute Gasteiger partial charge is 0.486 e. The van der Waals surface area contributed by atoms with Crippen LogP contribution in [-0.4, -0.2) is 36.1 Å². The summed E-state index contributed by atoms with van der Waals surface area (Å²) in [5.41, 5.74) is 0.697. The Morgan fingerprint density at radius 2 is 2.08 bits per heavy atom. The number of carbonyl (C=O) groups excluding carboxylic acids is 2. The second-order valence-corrected chi connectivity index (χ2v) is 5.65. The number of nitrogens with zero attached hydrogens (tertiary/aromatic N) is 1. The number of ether oxygens (including phenoxy) is 3. The first-order valence-corrected chi connectivity index (χ1v) is 8.13. The Kier molecular flexibility index (Phi) is 5.20. The summed E-state index contributed by atoms with van der Waals surface area (Å²) in [6.07, 6.45) is 3.72. The summed E-state index contributed by atoms with van der Waals surface area (Å²) in [6.45, 7) is -1.13. The van der Waals surface area contributed by atoms with E-state index < -0.39 is 12.6 Å². The zero-order valence-corrected chi connectivity index (χ0v) is 14.0. The van der Waals surface area contributed by atoms with Crippen LogP contribution >= 0.6 is 0 Å². The van der Waals surface area contributed by atoms with Crippen LogP contribution in [0.4, 0.5) is 8.78 Å². The second kappa shape index (κ2) is 7.55. The number of rotatable bonds is 8. The molecule has 0 amide bonds. The Bertz CT molecular complexity index is 814. The van der Waals surface area contributed by atoms with E-state index >= 15 is 0 Å². The topological polar surface area (TPSA) is 66.8 Å². The Labute approximate surface area is 148 Å². The van der Waals surface area contributed by atoms with Crippen molar-refractivity contribution in [3.05, 3.63) is 41.7 Å². The third-order valence-electron chi connectivity index (χ3n) is 3.77. The first-order valence-electron chi connectivity index (χ1n) is 8.13. The van der Waals surface area contributed by atoms with Gasteiger partial charge in [-0.15, -0.1) is 0 Å². The lowest BCUT2D eigenvalue weighted by molar-refractivity contribution is -0.0516. The predicted molar refractivity (Wildman–Crippen MR) is 87.4 cm³/mol. The van der Waals surface area contributed by atoms with Crippen LogP contribution in [0.3, 0.4) is 0 Å². The third-order valence-corrected chi connectivity index (χ3v) is 3.77. The van der Waals surface area contributed by atoms with E-state index in [1.807, 2.05) is 0 Å². The van der Waals surface area contributed by atoms with Crippen molar-refractivity contribution in [1.82, 2.24) is 4.57 Å². The van der Waals surface area contributed by atoms with Crippen molar-refractivity contribution in [2.24, 2.45) is 0 Å². The molecule has 1 fully saturated rings. The molecule has 0 radical (unpaired) electrons. The van der Waals surface area contributed by atoms with Crippen molar-refractivity contribution >= 4 is 12.3 Å². The van der Waals surface area contributed by atoms with Gasteiger partial charge in [0.15, 0.2) is 17.8 Å². The average Bonchev–Trinajstić information content (AvgIpc) is 3.31. The summed E-state index contributed by atoms with van der Waals surface area (Å²) < 4.78 is 41.7. The minimum absolute atomic E-state index is 0.0319. The lowest BCUT2D eigenvalue weighted by atomic mass is 10.2. The van der Waals surface area contributed by atoms with Gasteiger partial charge in [0.05, 0.1) is 18.3 Å². The van der Waals surface area contributed by atoms with Crippen LogP contribution in [0.2, 0.25) is 0 Å². The van der Waals surface area contributed by atoms with Gasteiger partial charge in [-0.1, -0.05) is 0 Å². The molecule has 0 unspecified atom stereocenters. The lowest BCUT2D eigenvalue weighted by Gasteiger charge is -2.14. The molecule has 1 aromatic carbocycles. The van der Waals surface area contributed by atoms with E-state index in [0.29, 0.717) is 12.0 Å². The van der Waals surface area contributed by atoms with Gasteiger partial charge in [-0.25, -0.2) is 4.79 Å². The number of halogens is 2. The van der Waals surface area contributed by atoms with Crippen LogP contribution in [0.15, 0.2) is 30.5 Å². The molecule has 0 N–H and O–H groups in total. The van der Waals surface area contributed by atoms with Crippen molar-refractivity contribution in [3.63, 3.8) is 0 Å². The average molecular weight is 365 g/mol. The lowest BCUT2D eigenvalue weighted by Crippen LogP contribution is -2.09. The van der Waals surface area contributed by atoms with Gasteiger partial charge in [0.25, 0.3) is 0 Å². The van der Waals surface area contributed by atoms with Crippen LogP contribution in [0.25, 0.3) is 5.69 Å². The fraction of sp³-hybridized carbons (Fsp3) is 0.333. The molecule has 0 saturated heterocycles. The van der Waals surface area contributed by atoms with Crippen LogP contribution in [0, 0.1) is 0 Å². The number of aldehydes is 1. The van der Waals surface area contributed by atoms with E-state index in [1.165, 1.54) is 35.0 Å². The maximum atomic E-state index is 12.6. The van der Waals surface area contributed by atoms with Crippen LogP contribution in [0.5, 0.6) is 11.5 Å². The molecule has 138 valence electrons. The minimum Gasteiger partial charge on any atom is -0.486 e. The Balaban J connectivity index is 1.98. The first kappa shape index (κ1) is 17.9. The van der Waals surface area contributed by atoms with Gasteiger partial charge >= 0.3 is 12.6 Å². The highest BCUT2D eigenvalue weighted by Gasteiger charge is 2.26. The first-order chi connectivity index (χ1) is 12.5. The van der Waals surface area contributed by atoms with E-state index in [2.05, 4.69) is 4.74 Å². The maximum absolute atomic E-state index is 12.6. The predicted octanol–water partition coefficient (Wildman–Crippen LogP) is 3.61. The van der Waals surface area contributed by atoms with Crippen molar-refractivity contribution in [1.29, 1.82) is 0 Å². The van der Waals surface area contributed by atoms with Crippen LogP contribution in [-0.2, 0) is 4.74 Å². The summed E-state index contributed by atoms with van der Waals surface area (Å²) in [4.78, 5) is 23.4. The molecule has 0 atom stereocenters. The number of hydrogen-bond donors (Lipinski definition) is 0. The number of benzene rings is 1. The van der Waals surface area contributed by atoms with Gasteiger partial charge < -0.3 is 18.8 Å². The van der Waals surface area contributed by atoms with Gasteiger partial charge in [-0.3, -0.25) is 4.79 Å². The van der Waals surface area contributed by atoms with E-state index in [4.69, 9.17) is 9.47 Å². The van der Waals surface area contributed by atoms with Crippen molar-refractivity contribution in [3.8, 4) is 17.2 Å². The quantitative estimate of drug-likeness (QED) is 0.528. The highest BCUT2D eigenvalue weighted by molar-refractivity contribution is 5.98. The molecule has 1 aliphatic carbocycles. The molecule has 0 bridgehead atoms. The van der Waals surface area contributed by atoms with Crippen molar-refractivity contribution < 1.29 is 32.6 Å². The molecule has 6 nitrogen and oxygen atoms in total. The van der Waals surface area contributed by atoms with Crippen LogP contribution < -0.4 is 9.47 Å². The third kappa shape index (κ3) is 3.84. The highest BCUT2D eigenvalue weighted by atomic mass is 19.3. The Morgan fingerprint density at radius 3 is 2.69 bits per heavy atom. The number of carbonyl (C=O) groups is 2. The summed E-state index contributed by atoms with van der Waals surface area (Å²) >= 11 is 0. The van der Waals surface area contributed by atoms with Gasteiger partial charge in [0.2, 0.25) is 0 Å². The summed E-state index contributed by atoms with van der Waals surface area (Å²) in [7, 11) is 0. The van der Waals surface area contributed by atoms with Crippen molar-refractivity contribution in [2.45, 2.75) is 32.5 Å². The molecule has 8 heteroatoms. The zero-order valence-electron chi connectivity index (χ0n) is 14.0. The molecule has 1 heterocycles. The van der Waals surface area contributed by atoms with Gasteiger partial charge in [0, 0.05) is 18.0 Å². The second-order valence-electron chi connectivity index (χ2n) is 5.65. The molecule has 3 rings (SSSR count). The van der Waals surface area contributed by atoms with Gasteiger partial charge in [-0.2, -0.15) is 8.78 Å². The smallest absolute Gasteiger partial charge is 0.387 e. The molecular formula is C18H17F2NO5. The molecule has 0 spiro atoms. The molecular weight excluding hydrogens is 348 g/mol. The maximum Gasteiger partial charge on any atom is 0.387 e. The summed E-state index contributed by atoms with van der Waals surface area (Å²) in [5, 5.41) is 0. The van der Waals surface area contributed by atoms with Crippen molar-refractivity contribution in [2.75, 3.05) is 6.61 Å². The molecule has 1 saturated carbocycles. The number of aromatic nitrogens is 1. The molecule has 1 aliphatic rings. The molecule has 1 aromatic heterocycles.